The second kappa shape index (κ2) is 9.92. The van der Waals surface area contributed by atoms with Crippen molar-refractivity contribution < 1.29 is 31.5 Å². The number of fused-ring (bicyclic) bond motifs is 1. The topological polar surface area (TPSA) is 176 Å². The minimum absolute atomic E-state index is 0.0143. The molecule has 1 fully saturated rings. The van der Waals surface area contributed by atoms with Gasteiger partial charge in [0.2, 0.25) is 26.0 Å². The molecule has 11 nitrogen and oxygen atoms in total. The second-order valence-electron chi connectivity index (χ2n) is 6.94. The van der Waals surface area contributed by atoms with E-state index >= 15 is 0 Å². The molecule has 174 valence electrons. The number of primary sulfonamides is 1. The lowest BCUT2D eigenvalue weighted by Gasteiger charge is -2.24. The van der Waals surface area contributed by atoms with Crippen molar-refractivity contribution in [1.29, 1.82) is 0 Å². The van der Waals surface area contributed by atoms with Crippen molar-refractivity contribution in [2.45, 2.75) is 35.6 Å². The van der Waals surface area contributed by atoms with Crippen LogP contribution in [0.25, 0.3) is 0 Å². The molecule has 0 bridgehead atoms. The summed E-state index contributed by atoms with van der Waals surface area (Å²) in [6.45, 7) is 2.35. The van der Waals surface area contributed by atoms with Crippen molar-refractivity contribution >= 4 is 61.8 Å². The van der Waals surface area contributed by atoms with Gasteiger partial charge < -0.3 is 15.3 Å². The third-order valence-corrected chi connectivity index (χ3v) is 8.05. The fourth-order valence-electron chi connectivity index (χ4n) is 3.07. The number of nitrogens with zero attached hydrogens (tertiary/aromatic N) is 1. The van der Waals surface area contributed by atoms with Crippen molar-refractivity contribution in [3.8, 4) is 0 Å². The van der Waals surface area contributed by atoms with E-state index in [0.717, 1.165) is 12.5 Å². The van der Waals surface area contributed by atoms with Crippen LogP contribution in [0.3, 0.4) is 0 Å². The van der Waals surface area contributed by atoms with E-state index in [1.54, 1.807) is 6.92 Å². The molecule has 0 aromatic heterocycles. The number of carbonyl (C=O) groups is 2. The van der Waals surface area contributed by atoms with Gasteiger partial charge in [0.1, 0.15) is 15.8 Å². The zero-order valence-corrected chi connectivity index (χ0v) is 19.7. The Morgan fingerprint density at radius 2 is 2.06 bits per heavy atom. The summed E-state index contributed by atoms with van der Waals surface area (Å²) in [5.74, 6) is -0.729. The molecule has 0 unspecified atom stereocenters. The van der Waals surface area contributed by atoms with Crippen molar-refractivity contribution in [3.05, 3.63) is 17.2 Å². The van der Waals surface area contributed by atoms with E-state index in [1.165, 1.54) is 11.0 Å². The maximum absolute atomic E-state index is 11.7. The van der Waals surface area contributed by atoms with Gasteiger partial charge in [-0.1, -0.05) is 18.5 Å². The third-order valence-electron chi connectivity index (χ3n) is 4.69. The molecule has 15 heteroatoms. The maximum Gasteiger partial charge on any atom is 0.326 e. The SMILES string of the molecule is C[C@H](CS)C(=O)N1CCC[C@H]1C(=O)O.NS(=O)(=O)c1cc2c(cc1Cl)NCNS2(=O)=O. The summed E-state index contributed by atoms with van der Waals surface area (Å²) in [5, 5.41) is 16.4. The van der Waals surface area contributed by atoms with Crippen LogP contribution in [0.5, 0.6) is 0 Å². The average molecular weight is 515 g/mol. The van der Waals surface area contributed by atoms with Crippen molar-refractivity contribution in [2.75, 3.05) is 24.3 Å². The third kappa shape index (κ3) is 6.02. The molecule has 2 aliphatic heterocycles. The normalized spacial score (nSPS) is 20.6. The lowest BCUT2D eigenvalue weighted by molar-refractivity contribution is -0.149. The Labute approximate surface area is 190 Å². The number of carboxylic acids is 1. The number of anilines is 1. The summed E-state index contributed by atoms with van der Waals surface area (Å²) in [6.07, 6.45) is 1.35. The van der Waals surface area contributed by atoms with Crippen LogP contribution >= 0.6 is 24.2 Å². The van der Waals surface area contributed by atoms with Crippen molar-refractivity contribution in [2.24, 2.45) is 11.1 Å². The number of nitrogens with one attached hydrogen (secondary N) is 2. The van der Waals surface area contributed by atoms with Crippen LogP contribution in [0.2, 0.25) is 5.02 Å². The fourth-order valence-corrected chi connectivity index (χ4v) is 5.51. The molecule has 0 saturated carbocycles. The Balaban J connectivity index is 0.000000225. The lowest BCUT2D eigenvalue weighted by Crippen LogP contribution is -2.43. The Morgan fingerprint density at radius 3 is 2.61 bits per heavy atom. The minimum Gasteiger partial charge on any atom is -0.480 e. The van der Waals surface area contributed by atoms with Crippen LogP contribution in [0, 0.1) is 5.92 Å². The number of hydrogen-bond acceptors (Lipinski definition) is 8. The van der Waals surface area contributed by atoms with Gasteiger partial charge in [-0.05, 0) is 25.0 Å². The molecule has 1 aromatic carbocycles. The highest BCUT2D eigenvalue weighted by Crippen LogP contribution is 2.32. The molecule has 0 radical (unpaired) electrons. The maximum atomic E-state index is 11.7. The first-order chi connectivity index (χ1) is 14.3. The Morgan fingerprint density at radius 1 is 1.42 bits per heavy atom. The number of rotatable bonds is 4. The average Bonchev–Trinajstić information content (AvgIpc) is 3.15. The van der Waals surface area contributed by atoms with Crippen LogP contribution in [-0.4, -0.2) is 63.7 Å². The highest BCUT2D eigenvalue weighted by molar-refractivity contribution is 7.90. The number of nitrogens with two attached hydrogens (primary N) is 1. The van der Waals surface area contributed by atoms with Gasteiger partial charge in [0.25, 0.3) is 0 Å². The lowest BCUT2D eigenvalue weighted by atomic mass is 10.1. The molecule has 1 saturated heterocycles. The second-order valence-corrected chi connectivity index (χ2v) is 11.0. The van der Waals surface area contributed by atoms with Gasteiger partial charge in [0.15, 0.2) is 0 Å². The Kier molecular flexibility index (Phi) is 8.21. The molecule has 31 heavy (non-hydrogen) atoms. The predicted molar refractivity (Wildman–Crippen MR) is 117 cm³/mol. The first-order valence-electron chi connectivity index (χ1n) is 9.03. The Hall–Kier alpha value is -1.58. The zero-order chi connectivity index (χ0) is 23.6. The quantitative estimate of drug-likeness (QED) is 0.356. The number of amides is 1. The molecule has 2 aliphatic rings. The van der Waals surface area contributed by atoms with E-state index < -0.39 is 37.0 Å². The van der Waals surface area contributed by atoms with Gasteiger partial charge in [-0.2, -0.15) is 17.4 Å². The molecule has 1 amide bonds. The zero-order valence-electron chi connectivity index (χ0n) is 16.4. The summed E-state index contributed by atoms with van der Waals surface area (Å²) in [4.78, 5) is 23.4. The Bertz CT molecular complexity index is 1080. The van der Waals surface area contributed by atoms with Crippen LogP contribution in [0.4, 0.5) is 5.69 Å². The van der Waals surface area contributed by atoms with Gasteiger partial charge in [0.05, 0.1) is 17.4 Å². The van der Waals surface area contributed by atoms with E-state index in [1.807, 2.05) is 0 Å². The number of thiol groups is 1. The number of hydrogen-bond donors (Lipinski definition) is 5. The molecule has 3 rings (SSSR count). The molecule has 2 atom stereocenters. The van der Waals surface area contributed by atoms with Gasteiger partial charge in [-0.25, -0.2) is 26.8 Å². The predicted octanol–water partition coefficient (Wildman–Crippen LogP) is 0.277. The van der Waals surface area contributed by atoms with Crippen LogP contribution in [-0.2, 0) is 29.6 Å². The summed E-state index contributed by atoms with van der Waals surface area (Å²) >= 11 is 9.76. The number of likely N-dealkylation sites (tertiary alicyclic amines) is 1. The first kappa shape index (κ1) is 25.7. The molecular weight excluding hydrogens is 492 g/mol. The summed E-state index contributed by atoms with van der Waals surface area (Å²) in [6, 6.07) is 1.53. The van der Waals surface area contributed by atoms with E-state index in [0.29, 0.717) is 18.7 Å². The molecule has 0 spiro atoms. The molecular formula is C16H23ClN4O7S3. The molecule has 0 aliphatic carbocycles. The van der Waals surface area contributed by atoms with Crippen molar-refractivity contribution in [1.82, 2.24) is 9.62 Å². The number of benzene rings is 1. The van der Waals surface area contributed by atoms with Crippen molar-refractivity contribution in [3.63, 3.8) is 0 Å². The number of aliphatic carboxylic acids is 1. The summed E-state index contributed by atoms with van der Waals surface area (Å²) in [7, 11) is -7.80. The highest BCUT2D eigenvalue weighted by atomic mass is 35.5. The van der Waals surface area contributed by atoms with Crippen LogP contribution < -0.4 is 15.2 Å². The van der Waals surface area contributed by atoms with Crippen LogP contribution in [0.15, 0.2) is 21.9 Å². The standard InChI is InChI=1S/C9H15NO3S.C7H8ClN3O4S2/c1-6(5-14)8(11)10-4-2-3-7(10)9(12)13;8-4-1-5-7(2-6(4)16(9,12)13)17(14,15)11-3-10-5/h6-7,14H,2-5H2,1H3,(H,12,13);1-2,10-11H,3H2,(H2,9,12,13)/t6-,7+;/m1./s1. The molecule has 1 aromatic rings. The van der Waals surface area contributed by atoms with E-state index in [-0.39, 0.29) is 34.1 Å². The minimum atomic E-state index is -4.07. The van der Waals surface area contributed by atoms with Gasteiger partial charge in [0, 0.05) is 18.2 Å². The van der Waals surface area contributed by atoms with E-state index in [2.05, 4.69) is 22.7 Å². The number of halogens is 1. The van der Waals surface area contributed by atoms with Crippen LogP contribution in [0.1, 0.15) is 19.8 Å². The summed E-state index contributed by atoms with van der Waals surface area (Å²) < 4.78 is 47.9. The molecule has 2 heterocycles. The van der Waals surface area contributed by atoms with E-state index in [9.17, 15) is 26.4 Å². The van der Waals surface area contributed by atoms with E-state index in [4.69, 9.17) is 21.8 Å². The van der Waals surface area contributed by atoms with Gasteiger partial charge >= 0.3 is 5.97 Å². The largest absolute Gasteiger partial charge is 0.480 e. The summed E-state index contributed by atoms with van der Waals surface area (Å²) in [5.41, 5.74) is 0.237. The number of carboxylic acid groups (broad SMARTS) is 1. The first-order valence-corrected chi connectivity index (χ1v) is 13.1. The van der Waals surface area contributed by atoms with Gasteiger partial charge in [-0.3, -0.25) is 4.79 Å². The number of sulfonamides is 2. The molecule has 5 N–H and O–H groups in total. The highest BCUT2D eigenvalue weighted by Gasteiger charge is 2.35. The fraction of sp³-hybridized carbons (Fsp3) is 0.500. The number of carbonyl (C=O) groups excluding carboxylic acids is 1. The van der Waals surface area contributed by atoms with Gasteiger partial charge in [-0.15, -0.1) is 0 Å². The monoisotopic (exact) mass is 514 g/mol. The smallest absolute Gasteiger partial charge is 0.326 e.